The molecule has 0 bridgehead atoms. The number of nitrogens with one attached hydrogen (secondary N) is 1. The first kappa shape index (κ1) is 23.0. The monoisotopic (exact) mass is 491 g/mol. The number of amides is 2. The third-order valence-corrected chi connectivity index (χ3v) is 6.76. The van der Waals surface area contributed by atoms with Gasteiger partial charge >= 0.3 is 0 Å². The van der Waals surface area contributed by atoms with Crippen LogP contribution < -0.4 is 19.7 Å². The predicted molar refractivity (Wildman–Crippen MR) is 133 cm³/mol. The first-order chi connectivity index (χ1) is 17.0. The van der Waals surface area contributed by atoms with Crippen LogP contribution in [0, 0.1) is 0 Å². The van der Waals surface area contributed by atoms with E-state index in [2.05, 4.69) is 22.1 Å². The molecule has 0 saturated heterocycles. The molecule has 2 atom stereocenters. The molecule has 0 spiro atoms. The van der Waals surface area contributed by atoms with Gasteiger partial charge in [0.2, 0.25) is 11.8 Å². The summed E-state index contributed by atoms with van der Waals surface area (Å²) in [5, 5.41) is 12.2. The first-order valence-corrected chi connectivity index (χ1v) is 12.3. The number of para-hydroxylation sites is 4. The summed E-state index contributed by atoms with van der Waals surface area (Å²) in [5.74, 6) is 1.86. The average Bonchev–Trinajstić information content (AvgIpc) is 3.20. The zero-order valence-corrected chi connectivity index (χ0v) is 20.0. The van der Waals surface area contributed by atoms with Crippen molar-refractivity contribution in [2.45, 2.75) is 37.2 Å². The fraction of sp³-hybridized carbons (Fsp3) is 0.280. The van der Waals surface area contributed by atoms with Crippen molar-refractivity contribution in [3.63, 3.8) is 0 Å². The minimum Gasteiger partial charge on any atom is -0.485 e. The number of rotatable bonds is 6. The first-order valence-electron chi connectivity index (χ1n) is 11.3. The molecule has 0 saturated carbocycles. The van der Waals surface area contributed by atoms with E-state index in [1.807, 2.05) is 54.0 Å². The van der Waals surface area contributed by atoms with Crippen molar-refractivity contribution in [3.05, 3.63) is 67.0 Å². The van der Waals surface area contributed by atoms with Gasteiger partial charge in [0.15, 0.2) is 28.6 Å². The van der Waals surface area contributed by atoms with E-state index in [4.69, 9.17) is 9.47 Å². The number of allylic oxidation sites excluding steroid dienone is 1. The van der Waals surface area contributed by atoms with Gasteiger partial charge in [-0.1, -0.05) is 42.1 Å². The Labute approximate surface area is 207 Å². The van der Waals surface area contributed by atoms with Crippen LogP contribution in [-0.2, 0) is 16.1 Å². The number of anilines is 2. The minimum absolute atomic E-state index is 0.112. The van der Waals surface area contributed by atoms with E-state index >= 15 is 0 Å². The Balaban J connectivity index is 1.35. The van der Waals surface area contributed by atoms with Crippen LogP contribution >= 0.6 is 11.8 Å². The van der Waals surface area contributed by atoms with E-state index in [9.17, 15) is 9.59 Å². The molecular weight excluding hydrogens is 466 g/mol. The Morgan fingerprint density at radius 1 is 1.20 bits per heavy atom. The van der Waals surface area contributed by atoms with E-state index < -0.39 is 6.10 Å². The van der Waals surface area contributed by atoms with E-state index in [-0.39, 0.29) is 30.0 Å². The number of fused-ring (bicyclic) bond motifs is 2. The SMILES string of the molecule is C=CCn1c(SCC(=O)N2c3ccccc3NC(=O)C[C@H]2C)nnc1[C@@H]1COc2ccccc2O1. The summed E-state index contributed by atoms with van der Waals surface area (Å²) in [6.07, 6.45) is 1.54. The normalized spacial score (nSPS) is 18.9. The minimum atomic E-state index is -0.433. The fourth-order valence-electron chi connectivity index (χ4n) is 4.26. The average molecular weight is 492 g/mol. The molecule has 35 heavy (non-hydrogen) atoms. The lowest BCUT2D eigenvalue weighted by atomic mass is 10.2. The summed E-state index contributed by atoms with van der Waals surface area (Å²) < 4.78 is 13.8. The van der Waals surface area contributed by atoms with Gasteiger partial charge in [0.1, 0.15) is 6.61 Å². The molecule has 3 heterocycles. The smallest absolute Gasteiger partial charge is 0.237 e. The van der Waals surface area contributed by atoms with Crippen LogP contribution in [0.4, 0.5) is 11.4 Å². The van der Waals surface area contributed by atoms with Crippen molar-refractivity contribution in [1.82, 2.24) is 14.8 Å². The number of ether oxygens (including phenoxy) is 2. The molecule has 3 aromatic rings. The van der Waals surface area contributed by atoms with Gasteiger partial charge in [-0.15, -0.1) is 16.8 Å². The number of hydrogen-bond donors (Lipinski definition) is 1. The predicted octanol–water partition coefficient (Wildman–Crippen LogP) is 3.83. The quantitative estimate of drug-likeness (QED) is 0.413. The third-order valence-electron chi connectivity index (χ3n) is 5.81. The number of benzene rings is 2. The summed E-state index contributed by atoms with van der Waals surface area (Å²) in [6, 6.07) is 14.5. The molecule has 0 fully saturated rings. The number of carbonyl (C=O) groups excluding carboxylic acids is 2. The summed E-state index contributed by atoms with van der Waals surface area (Å²) in [6.45, 7) is 6.49. The maximum Gasteiger partial charge on any atom is 0.237 e. The van der Waals surface area contributed by atoms with Crippen molar-refractivity contribution in [3.8, 4) is 11.5 Å². The van der Waals surface area contributed by atoms with Gasteiger partial charge in [-0.2, -0.15) is 0 Å². The number of carbonyl (C=O) groups is 2. The molecule has 2 aromatic carbocycles. The fourth-order valence-corrected chi connectivity index (χ4v) is 5.07. The molecule has 2 aliphatic rings. The van der Waals surface area contributed by atoms with Gasteiger partial charge in [-0.05, 0) is 31.2 Å². The molecule has 0 aliphatic carbocycles. The summed E-state index contributed by atoms with van der Waals surface area (Å²) in [5.41, 5.74) is 1.32. The molecule has 2 aliphatic heterocycles. The van der Waals surface area contributed by atoms with Crippen molar-refractivity contribution in [2.24, 2.45) is 0 Å². The van der Waals surface area contributed by atoms with E-state index in [1.165, 1.54) is 11.8 Å². The van der Waals surface area contributed by atoms with Crippen LogP contribution in [0.3, 0.4) is 0 Å². The van der Waals surface area contributed by atoms with E-state index in [1.54, 1.807) is 17.0 Å². The highest BCUT2D eigenvalue weighted by Crippen LogP contribution is 2.36. The number of aromatic nitrogens is 3. The van der Waals surface area contributed by atoms with Crippen LogP contribution in [0.1, 0.15) is 25.3 Å². The lowest BCUT2D eigenvalue weighted by molar-refractivity contribution is -0.117. The van der Waals surface area contributed by atoms with Gasteiger partial charge < -0.3 is 19.7 Å². The number of nitrogens with zero attached hydrogens (tertiary/aromatic N) is 4. The maximum atomic E-state index is 13.4. The van der Waals surface area contributed by atoms with Crippen LogP contribution in [0.15, 0.2) is 66.3 Å². The topological polar surface area (TPSA) is 98.6 Å². The molecule has 180 valence electrons. The molecular formula is C25H25N5O4S. The lowest BCUT2D eigenvalue weighted by Gasteiger charge is -2.27. The molecule has 0 radical (unpaired) electrons. The summed E-state index contributed by atoms with van der Waals surface area (Å²) >= 11 is 1.29. The molecule has 10 heteroatoms. The second kappa shape index (κ2) is 9.83. The summed E-state index contributed by atoms with van der Waals surface area (Å²) in [7, 11) is 0. The summed E-state index contributed by atoms with van der Waals surface area (Å²) in [4.78, 5) is 27.3. The van der Waals surface area contributed by atoms with Crippen molar-refractivity contribution in [2.75, 3.05) is 22.6 Å². The number of hydrogen-bond acceptors (Lipinski definition) is 7. The van der Waals surface area contributed by atoms with Gasteiger partial charge in [0, 0.05) is 19.0 Å². The van der Waals surface area contributed by atoms with Crippen LogP contribution in [0.2, 0.25) is 0 Å². The zero-order chi connectivity index (χ0) is 24.4. The van der Waals surface area contributed by atoms with E-state index in [0.717, 1.165) is 0 Å². The number of thioether (sulfide) groups is 1. The molecule has 5 rings (SSSR count). The Kier molecular flexibility index (Phi) is 6.45. The van der Waals surface area contributed by atoms with Crippen LogP contribution in [0.25, 0.3) is 0 Å². The largest absolute Gasteiger partial charge is 0.485 e. The Bertz CT molecular complexity index is 1280. The highest BCUT2D eigenvalue weighted by atomic mass is 32.2. The standard InChI is InChI=1S/C25H25N5O4S/c1-3-12-29-24(21-14-33-19-10-6-7-11-20(19)34-21)27-28-25(29)35-15-23(32)30-16(2)13-22(31)26-17-8-4-5-9-18(17)30/h3-11,16,21H,1,12-15H2,2H3,(H,26,31)/t16-,21+/m1/s1. The Morgan fingerprint density at radius 3 is 2.80 bits per heavy atom. The van der Waals surface area contributed by atoms with Gasteiger partial charge in [-0.3, -0.25) is 14.2 Å². The third kappa shape index (κ3) is 4.61. The molecule has 2 amide bonds. The van der Waals surface area contributed by atoms with Gasteiger partial charge in [0.05, 0.1) is 17.1 Å². The lowest BCUT2D eigenvalue weighted by Crippen LogP contribution is -2.40. The van der Waals surface area contributed by atoms with Gasteiger partial charge in [0.25, 0.3) is 0 Å². The molecule has 1 N–H and O–H groups in total. The maximum absolute atomic E-state index is 13.4. The highest BCUT2D eigenvalue weighted by molar-refractivity contribution is 7.99. The highest BCUT2D eigenvalue weighted by Gasteiger charge is 2.31. The molecule has 0 unspecified atom stereocenters. The molecule has 1 aromatic heterocycles. The van der Waals surface area contributed by atoms with E-state index in [0.29, 0.717) is 47.0 Å². The second-order valence-electron chi connectivity index (χ2n) is 8.28. The zero-order valence-electron chi connectivity index (χ0n) is 19.2. The van der Waals surface area contributed by atoms with Crippen molar-refractivity contribution in [1.29, 1.82) is 0 Å². The van der Waals surface area contributed by atoms with Crippen LogP contribution in [0.5, 0.6) is 11.5 Å². The van der Waals surface area contributed by atoms with Crippen LogP contribution in [-0.4, -0.2) is 45.0 Å². The second-order valence-corrected chi connectivity index (χ2v) is 9.22. The Morgan fingerprint density at radius 2 is 1.97 bits per heavy atom. The van der Waals surface area contributed by atoms with Crippen molar-refractivity contribution < 1.29 is 19.1 Å². The Hall–Kier alpha value is -3.79. The van der Waals surface area contributed by atoms with Gasteiger partial charge in [-0.25, -0.2) is 0 Å². The molecule has 9 nitrogen and oxygen atoms in total. The van der Waals surface area contributed by atoms with Crippen molar-refractivity contribution >= 4 is 35.0 Å².